The Morgan fingerprint density at radius 3 is 2.14 bits per heavy atom. The Bertz CT molecular complexity index is 651. The molecule has 0 amide bonds. The number of allylic oxidation sites excluding steroid dienone is 1. The van der Waals surface area contributed by atoms with Crippen LogP contribution in [0.15, 0.2) is 56.4 Å². The number of phenols is 1. The van der Waals surface area contributed by atoms with E-state index in [2.05, 4.69) is 68.2 Å². The van der Waals surface area contributed by atoms with E-state index in [9.17, 15) is 5.11 Å². The summed E-state index contributed by atoms with van der Waals surface area (Å²) in [4.78, 5) is 0. The molecular formula is C18H19Br3O. The predicted molar refractivity (Wildman–Crippen MR) is 106 cm³/mol. The summed E-state index contributed by atoms with van der Waals surface area (Å²) in [6, 6.07) is 11.5. The zero-order valence-corrected chi connectivity index (χ0v) is 17.4. The zero-order chi connectivity index (χ0) is 16.7. The summed E-state index contributed by atoms with van der Waals surface area (Å²) in [5.41, 5.74) is 2.78. The molecule has 22 heavy (non-hydrogen) atoms. The predicted octanol–water partition coefficient (Wildman–Crippen LogP) is 7.35. The van der Waals surface area contributed by atoms with Crippen LogP contribution >= 0.6 is 47.8 Å². The van der Waals surface area contributed by atoms with Gasteiger partial charge in [-0.2, -0.15) is 0 Å². The molecule has 0 aliphatic heterocycles. The maximum absolute atomic E-state index is 9.95. The molecule has 2 aromatic rings. The quantitative estimate of drug-likeness (QED) is 0.476. The lowest BCUT2D eigenvalue weighted by Gasteiger charge is -2.10. The third-order valence-corrected chi connectivity index (χ3v) is 4.51. The number of phenolic OH excluding ortho intramolecular Hbond substituents is 1. The van der Waals surface area contributed by atoms with E-state index in [1.54, 1.807) is 6.07 Å². The van der Waals surface area contributed by atoms with E-state index >= 15 is 0 Å². The lowest BCUT2D eigenvalue weighted by molar-refractivity contribution is 0.473. The van der Waals surface area contributed by atoms with Gasteiger partial charge in [0.25, 0.3) is 0 Å². The van der Waals surface area contributed by atoms with Crippen molar-refractivity contribution in [3.8, 4) is 5.75 Å². The lowest BCUT2D eigenvalue weighted by atomic mass is 9.99. The molecule has 1 nitrogen and oxygen atoms in total. The summed E-state index contributed by atoms with van der Waals surface area (Å²) in [6.45, 7) is 8.32. The first-order valence-corrected chi connectivity index (χ1v) is 9.37. The fourth-order valence-electron chi connectivity index (χ4n) is 1.81. The molecule has 0 aromatic heterocycles. The lowest BCUT2D eigenvalue weighted by Crippen LogP contribution is -1.92. The summed E-state index contributed by atoms with van der Waals surface area (Å²) < 4.78 is 2.91. The molecule has 0 spiro atoms. The van der Waals surface area contributed by atoms with Gasteiger partial charge in [0.15, 0.2) is 0 Å². The molecule has 4 heteroatoms. The van der Waals surface area contributed by atoms with Gasteiger partial charge < -0.3 is 5.11 Å². The maximum Gasteiger partial charge on any atom is 0.124 e. The smallest absolute Gasteiger partial charge is 0.124 e. The maximum atomic E-state index is 9.95. The van der Waals surface area contributed by atoms with Gasteiger partial charge in [-0.25, -0.2) is 0 Å². The van der Waals surface area contributed by atoms with Crippen LogP contribution in [0.5, 0.6) is 5.75 Å². The van der Waals surface area contributed by atoms with Crippen LogP contribution in [0.3, 0.4) is 0 Å². The average molecular weight is 491 g/mol. The second-order valence-corrected chi connectivity index (χ2v) is 7.57. The Labute approximate surface area is 157 Å². The molecule has 1 N–H and O–H groups in total. The van der Waals surface area contributed by atoms with Crippen LogP contribution in [0.1, 0.15) is 31.4 Å². The zero-order valence-electron chi connectivity index (χ0n) is 12.7. The molecule has 2 rings (SSSR count). The molecule has 0 aliphatic rings. The second kappa shape index (κ2) is 9.53. The van der Waals surface area contributed by atoms with Gasteiger partial charge in [-0.05, 0) is 54.0 Å². The largest absolute Gasteiger partial charge is 0.507 e. The van der Waals surface area contributed by atoms with Crippen molar-refractivity contribution < 1.29 is 5.11 Å². The van der Waals surface area contributed by atoms with Gasteiger partial charge in [0, 0.05) is 19.0 Å². The highest BCUT2D eigenvalue weighted by Crippen LogP contribution is 2.31. The van der Waals surface area contributed by atoms with E-state index in [1.807, 2.05) is 30.3 Å². The molecule has 2 aromatic carbocycles. The molecule has 118 valence electrons. The van der Waals surface area contributed by atoms with E-state index in [0.29, 0.717) is 6.42 Å². The Morgan fingerprint density at radius 1 is 1.00 bits per heavy atom. The summed E-state index contributed by atoms with van der Waals surface area (Å²) >= 11 is 10.3. The van der Waals surface area contributed by atoms with Crippen LogP contribution in [0.25, 0.3) is 5.57 Å². The third-order valence-electron chi connectivity index (χ3n) is 2.75. The molecule has 0 bridgehead atoms. The van der Waals surface area contributed by atoms with Gasteiger partial charge in [0.1, 0.15) is 5.75 Å². The van der Waals surface area contributed by atoms with E-state index in [1.165, 1.54) is 6.42 Å². The van der Waals surface area contributed by atoms with Gasteiger partial charge in [-0.3, -0.25) is 0 Å². The first-order valence-electron chi connectivity index (χ1n) is 6.99. The summed E-state index contributed by atoms with van der Waals surface area (Å²) in [7, 11) is 0. The Morgan fingerprint density at radius 2 is 1.55 bits per heavy atom. The fourth-order valence-corrected chi connectivity index (χ4v) is 2.95. The first-order chi connectivity index (χ1) is 10.4. The SMILES string of the molecule is C=C(Cc1cc(Br)ccc1Br)c1ccc(Br)cc1O.CCC. The third kappa shape index (κ3) is 5.90. The normalized spacial score (nSPS) is 9.86. The van der Waals surface area contributed by atoms with Crippen molar-refractivity contribution in [1.82, 2.24) is 0 Å². The minimum absolute atomic E-state index is 0.241. The molecule has 0 aliphatic carbocycles. The fraction of sp³-hybridized carbons (Fsp3) is 0.222. The van der Waals surface area contributed by atoms with Gasteiger partial charge in [-0.1, -0.05) is 74.6 Å². The van der Waals surface area contributed by atoms with Crippen LogP contribution in [-0.2, 0) is 6.42 Å². The van der Waals surface area contributed by atoms with Crippen LogP contribution in [-0.4, -0.2) is 5.11 Å². The number of hydrogen-bond acceptors (Lipinski definition) is 1. The Balaban J connectivity index is 0.000000745. The van der Waals surface area contributed by atoms with Crippen molar-refractivity contribution in [3.05, 3.63) is 67.5 Å². The molecule has 0 heterocycles. The number of halogens is 3. The molecule has 0 saturated heterocycles. The van der Waals surface area contributed by atoms with E-state index < -0.39 is 0 Å². The highest BCUT2D eigenvalue weighted by Gasteiger charge is 2.09. The van der Waals surface area contributed by atoms with Crippen molar-refractivity contribution in [2.24, 2.45) is 0 Å². The number of aromatic hydroxyl groups is 1. The highest BCUT2D eigenvalue weighted by molar-refractivity contribution is 9.11. The average Bonchev–Trinajstić information content (AvgIpc) is 2.43. The van der Waals surface area contributed by atoms with E-state index in [4.69, 9.17) is 0 Å². The summed E-state index contributed by atoms with van der Waals surface area (Å²) in [5, 5.41) is 9.95. The Hall–Kier alpha value is -0.580. The minimum Gasteiger partial charge on any atom is -0.507 e. The minimum atomic E-state index is 0.241. The number of benzene rings is 2. The molecule has 0 unspecified atom stereocenters. The van der Waals surface area contributed by atoms with E-state index in [0.717, 1.165) is 30.1 Å². The summed E-state index contributed by atoms with van der Waals surface area (Å²) in [5.74, 6) is 0.241. The van der Waals surface area contributed by atoms with Gasteiger partial charge in [-0.15, -0.1) is 0 Å². The standard InChI is InChI=1S/C15H11Br3O.C3H8/c1-9(13-4-2-12(17)8-15(13)19)6-10-7-11(16)3-5-14(10)18;1-3-2/h2-5,7-8,19H,1,6H2;3H2,1-2H3. The van der Waals surface area contributed by atoms with Gasteiger partial charge in [0.2, 0.25) is 0 Å². The molecular weight excluding hydrogens is 472 g/mol. The van der Waals surface area contributed by atoms with Crippen molar-refractivity contribution in [3.63, 3.8) is 0 Å². The topological polar surface area (TPSA) is 20.2 Å². The molecule has 0 atom stereocenters. The van der Waals surface area contributed by atoms with Gasteiger partial charge in [0.05, 0.1) is 0 Å². The molecule has 0 fully saturated rings. The molecule has 0 radical (unpaired) electrons. The van der Waals surface area contributed by atoms with Crippen molar-refractivity contribution >= 4 is 53.4 Å². The van der Waals surface area contributed by atoms with Crippen LogP contribution < -0.4 is 0 Å². The van der Waals surface area contributed by atoms with Crippen LogP contribution in [0, 0.1) is 0 Å². The van der Waals surface area contributed by atoms with Crippen molar-refractivity contribution in [2.45, 2.75) is 26.7 Å². The number of rotatable bonds is 3. The molecule has 0 saturated carbocycles. The van der Waals surface area contributed by atoms with Crippen LogP contribution in [0.4, 0.5) is 0 Å². The van der Waals surface area contributed by atoms with Crippen molar-refractivity contribution in [2.75, 3.05) is 0 Å². The first kappa shape index (κ1) is 19.5. The summed E-state index contributed by atoms with van der Waals surface area (Å²) in [6.07, 6.45) is 1.93. The monoisotopic (exact) mass is 488 g/mol. The highest BCUT2D eigenvalue weighted by atomic mass is 79.9. The van der Waals surface area contributed by atoms with Crippen LogP contribution in [0.2, 0.25) is 0 Å². The van der Waals surface area contributed by atoms with Crippen molar-refractivity contribution in [1.29, 1.82) is 0 Å². The van der Waals surface area contributed by atoms with E-state index in [-0.39, 0.29) is 5.75 Å². The Kier molecular flexibility index (Phi) is 8.44. The van der Waals surface area contributed by atoms with Gasteiger partial charge >= 0.3 is 0 Å². The second-order valence-electron chi connectivity index (χ2n) is 4.88. The number of hydrogen-bond donors (Lipinski definition) is 1.